The predicted octanol–water partition coefficient (Wildman–Crippen LogP) is 0.854. The van der Waals surface area contributed by atoms with Crippen LogP contribution < -0.4 is 0 Å². The van der Waals surface area contributed by atoms with Gasteiger partial charge in [-0.3, -0.25) is 19.2 Å². The second kappa shape index (κ2) is 7.56. The Bertz CT molecular complexity index is 629. The van der Waals surface area contributed by atoms with E-state index in [-0.39, 0.29) is 17.9 Å². The van der Waals surface area contributed by atoms with Crippen molar-refractivity contribution in [3.05, 3.63) is 18.0 Å². The van der Waals surface area contributed by atoms with Crippen LogP contribution in [0.25, 0.3) is 0 Å². The van der Waals surface area contributed by atoms with Crippen molar-refractivity contribution in [2.75, 3.05) is 26.7 Å². The molecular formula is C18H29N5O2. The lowest BCUT2D eigenvalue weighted by molar-refractivity contribution is -0.133. The van der Waals surface area contributed by atoms with Gasteiger partial charge >= 0.3 is 0 Å². The molecule has 0 spiro atoms. The van der Waals surface area contributed by atoms with E-state index in [1.807, 2.05) is 25.2 Å². The maximum atomic E-state index is 12.7. The minimum Gasteiger partial charge on any atom is -0.340 e. The third-order valence-electron chi connectivity index (χ3n) is 5.50. The minimum absolute atomic E-state index is 0.128. The van der Waals surface area contributed by atoms with Crippen LogP contribution in [0.5, 0.6) is 0 Å². The van der Waals surface area contributed by atoms with Gasteiger partial charge in [0.1, 0.15) is 0 Å². The quantitative estimate of drug-likeness (QED) is 0.792. The van der Waals surface area contributed by atoms with E-state index < -0.39 is 0 Å². The lowest BCUT2D eigenvalue weighted by Crippen LogP contribution is -2.50. The van der Waals surface area contributed by atoms with E-state index in [9.17, 15) is 9.59 Å². The van der Waals surface area contributed by atoms with Crippen LogP contribution in [0, 0.1) is 0 Å². The average Bonchev–Trinajstić information content (AvgIpc) is 3.27. The maximum absolute atomic E-state index is 12.7. The van der Waals surface area contributed by atoms with Gasteiger partial charge in [-0.05, 0) is 32.2 Å². The summed E-state index contributed by atoms with van der Waals surface area (Å²) in [7, 11) is 3.72. The van der Waals surface area contributed by atoms with Crippen molar-refractivity contribution in [3.63, 3.8) is 0 Å². The SMILES string of the molecule is CC(=O)N1CCC[C@H]1[C@@H]1CCCN1CC(=O)N(C)Cc1cnn(C)c1. The van der Waals surface area contributed by atoms with E-state index >= 15 is 0 Å². The molecule has 0 unspecified atom stereocenters. The first-order chi connectivity index (χ1) is 12.0. The Morgan fingerprint density at radius 1 is 1.24 bits per heavy atom. The molecule has 3 rings (SSSR count). The highest BCUT2D eigenvalue weighted by atomic mass is 16.2. The molecule has 7 nitrogen and oxygen atoms in total. The van der Waals surface area contributed by atoms with E-state index in [4.69, 9.17) is 0 Å². The second-order valence-corrected chi connectivity index (χ2v) is 7.37. The first-order valence-electron chi connectivity index (χ1n) is 9.18. The number of rotatable bonds is 5. The van der Waals surface area contributed by atoms with Gasteiger partial charge in [0.15, 0.2) is 0 Å². The summed E-state index contributed by atoms with van der Waals surface area (Å²) in [5.74, 6) is 0.289. The molecule has 0 bridgehead atoms. The van der Waals surface area contributed by atoms with Crippen LogP contribution in [-0.4, -0.2) is 75.1 Å². The second-order valence-electron chi connectivity index (χ2n) is 7.37. The number of nitrogens with zero attached hydrogens (tertiary/aromatic N) is 5. The van der Waals surface area contributed by atoms with Gasteiger partial charge in [-0.25, -0.2) is 0 Å². The number of aromatic nitrogens is 2. The molecule has 2 amide bonds. The Balaban J connectivity index is 1.59. The summed E-state index contributed by atoms with van der Waals surface area (Å²) >= 11 is 0. The molecule has 7 heteroatoms. The summed E-state index contributed by atoms with van der Waals surface area (Å²) in [5.41, 5.74) is 1.04. The van der Waals surface area contributed by atoms with Crippen LogP contribution in [0.3, 0.4) is 0 Å². The van der Waals surface area contributed by atoms with Crippen LogP contribution in [0.2, 0.25) is 0 Å². The van der Waals surface area contributed by atoms with Gasteiger partial charge in [0, 0.05) is 58.0 Å². The normalized spacial score (nSPS) is 24.0. The number of carbonyl (C=O) groups is 2. The molecule has 2 saturated heterocycles. The molecule has 2 fully saturated rings. The van der Waals surface area contributed by atoms with Crippen LogP contribution in [0.1, 0.15) is 38.2 Å². The fourth-order valence-electron chi connectivity index (χ4n) is 4.28. The summed E-state index contributed by atoms with van der Waals surface area (Å²) in [4.78, 5) is 30.6. The lowest BCUT2D eigenvalue weighted by atomic mass is 10.0. The molecule has 2 atom stereocenters. The molecule has 25 heavy (non-hydrogen) atoms. The topological polar surface area (TPSA) is 61.7 Å². The number of likely N-dealkylation sites (tertiary alicyclic amines) is 2. The Kier molecular flexibility index (Phi) is 5.42. The Morgan fingerprint density at radius 3 is 2.64 bits per heavy atom. The van der Waals surface area contributed by atoms with Crippen LogP contribution in [0.15, 0.2) is 12.4 Å². The number of hydrogen-bond acceptors (Lipinski definition) is 4. The van der Waals surface area contributed by atoms with E-state index in [0.717, 1.165) is 44.3 Å². The Hall–Kier alpha value is -1.89. The predicted molar refractivity (Wildman–Crippen MR) is 94.7 cm³/mol. The molecule has 1 aromatic heterocycles. The number of likely N-dealkylation sites (N-methyl/N-ethyl adjacent to an activating group) is 1. The fraction of sp³-hybridized carbons (Fsp3) is 0.722. The molecule has 0 N–H and O–H groups in total. The lowest BCUT2D eigenvalue weighted by Gasteiger charge is -2.35. The molecule has 1 aromatic rings. The van der Waals surface area contributed by atoms with Gasteiger partial charge < -0.3 is 9.80 Å². The smallest absolute Gasteiger partial charge is 0.236 e. The number of amides is 2. The Labute approximate surface area is 149 Å². The fourth-order valence-corrected chi connectivity index (χ4v) is 4.28. The minimum atomic E-state index is 0.128. The zero-order valence-electron chi connectivity index (χ0n) is 15.5. The summed E-state index contributed by atoms with van der Waals surface area (Å²) in [6, 6.07) is 0.596. The molecule has 138 valence electrons. The zero-order valence-corrected chi connectivity index (χ0v) is 15.5. The van der Waals surface area contributed by atoms with Gasteiger partial charge in [0.05, 0.1) is 12.7 Å². The molecule has 0 saturated carbocycles. The highest BCUT2D eigenvalue weighted by Crippen LogP contribution is 2.30. The number of aryl methyl sites for hydroxylation is 1. The van der Waals surface area contributed by atoms with E-state index in [0.29, 0.717) is 19.1 Å². The van der Waals surface area contributed by atoms with Crippen molar-refractivity contribution in [1.82, 2.24) is 24.5 Å². The molecule has 0 radical (unpaired) electrons. The highest BCUT2D eigenvalue weighted by molar-refractivity contribution is 5.78. The summed E-state index contributed by atoms with van der Waals surface area (Å²) < 4.78 is 1.75. The molecular weight excluding hydrogens is 318 g/mol. The van der Waals surface area contributed by atoms with E-state index in [1.165, 1.54) is 0 Å². The number of carbonyl (C=O) groups excluding carboxylic acids is 2. The van der Waals surface area contributed by atoms with Crippen LogP contribution in [-0.2, 0) is 23.2 Å². The van der Waals surface area contributed by atoms with Crippen LogP contribution in [0.4, 0.5) is 0 Å². The standard InChI is InChI=1S/C18H29N5O2/c1-14(24)23-9-5-7-17(23)16-6-4-8-22(16)13-18(25)20(2)11-15-10-19-21(3)12-15/h10,12,16-17H,4-9,11,13H2,1-3H3/t16-,17-/m0/s1. The first kappa shape index (κ1) is 17.9. The molecule has 2 aliphatic rings. The summed E-state index contributed by atoms with van der Waals surface area (Å²) in [6.45, 7) is 4.47. The third-order valence-corrected chi connectivity index (χ3v) is 5.50. The van der Waals surface area contributed by atoms with Crippen molar-refractivity contribution in [1.29, 1.82) is 0 Å². The maximum Gasteiger partial charge on any atom is 0.236 e. The van der Waals surface area contributed by atoms with Gasteiger partial charge in [0.2, 0.25) is 11.8 Å². The van der Waals surface area contributed by atoms with Gasteiger partial charge in [-0.2, -0.15) is 5.10 Å². The van der Waals surface area contributed by atoms with Crippen molar-refractivity contribution in [2.24, 2.45) is 7.05 Å². The number of hydrogen-bond donors (Lipinski definition) is 0. The van der Waals surface area contributed by atoms with Crippen molar-refractivity contribution >= 4 is 11.8 Å². The monoisotopic (exact) mass is 347 g/mol. The van der Waals surface area contributed by atoms with Gasteiger partial charge in [0.25, 0.3) is 0 Å². The molecule has 0 aromatic carbocycles. The highest BCUT2D eigenvalue weighted by Gasteiger charge is 2.39. The third kappa shape index (κ3) is 4.03. The van der Waals surface area contributed by atoms with Crippen molar-refractivity contribution in [2.45, 2.75) is 51.2 Å². The average molecular weight is 347 g/mol. The van der Waals surface area contributed by atoms with Crippen LogP contribution >= 0.6 is 0 Å². The van der Waals surface area contributed by atoms with E-state index in [2.05, 4.69) is 10.00 Å². The Morgan fingerprint density at radius 2 is 1.96 bits per heavy atom. The van der Waals surface area contributed by atoms with E-state index in [1.54, 1.807) is 22.7 Å². The zero-order chi connectivity index (χ0) is 18.0. The van der Waals surface area contributed by atoms with Gasteiger partial charge in [-0.15, -0.1) is 0 Å². The molecule has 2 aliphatic heterocycles. The molecule has 3 heterocycles. The van der Waals surface area contributed by atoms with Crippen molar-refractivity contribution in [3.8, 4) is 0 Å². The summed E-state index contributed by atoms with van der Waals surface area (Å²) in [5, 5.41) is 4.15. The van der Waals surface area contributed by atoms with Gasteiger partial charge in [-0.1, -0.05) is 0 Å². The summed E-state index contributed by atoms with van der Waals surface area (Å²) in [6.07, 6.45) is 8.04. The molecule has 0 aliphatic carbocycles. The first-order valence-corrected chi connectivity index (χ1v) is 9.18. The largest absolute Gasteiger partial charge is 0.340 e. The van der Waals surface area contributed by atoms with Crippen molar-refractivity contribution < 1.29 is 9.59 Å².